The summed E-state index contributed by atoms with van der Waals surface area (Å²) in [7, 11) is 0. The molecule has 0 saturated carbocycles. The van der Waals surface area contributed by atoms with Gasteiger partial charge in [0.05, 0.1) is 6.04 Å². The van der Waals surface area contributed by atoms with Crippen molar-refractivity contribution in [2.24, 2.45) is 0 Å². The van der Waals surface area contributed by atoms with Crippen molar-refractivity contribution in [1.29, 1.82) is 0 Å². The fourth-order valence-corrected chi connectivity index (χ4v) is 4.36. The summed E-state index contributed by atoms with van der Waals surface area (Å²) in [5.41, 5.74) is 7.34. The average Bonchev–Trinajstić information content (AvgIpc) is 2.66. The standard InChI is InChI=1S/C23H25N/c1-3-17-15-23-21-13-9-8-12-19(21)14-20(4-2)24(23)16-22(17)18-10-6-5-7-11-18/h5-13,15-16,20,23H,3-4,14H2,1-2H3/p+1. The van der Waals surface area contributed by atoms with Crippen LogP contribution in [0.2, 0.25) is 0 Å². The Bertz CT molecular complexity index is 785. The first-order valence-electron chi connectivity index (χ1n) is 9.24. The van der Waals surface area contributed by atoms with E-state index in [1.807, 2.05) is 0 Å². The highest BCUT2D eigenvalue weighted by atomic mass is 15.2. The van der Waals surface area contributed by atoms with Crippen LogP contribution in [0.4, 0.5) is 0 Å². The van der Waals surface area contributed by atoms with Crippen molar-refractivity contribution >= 4 is 5.57 Å². The van der Waals surface area contributed by atoms with Crippen molar-refractivity contribution in [3.05, 3.63) is 89.1 Å². The third kappa shape index (κ3) is 2.53. The van der Waals surface area contributed by atoms with Crippen LogP contribution in [0.5, 0.6) is 0 Å². The molecule has 2 aliphatic rings. The van der Waals surface area contributed by atoms with E-state index in [-0.39, 0.29) is 0 Å². The molecule has 0 fully saturated rings. The SMILES string of the molecule is CCC1=CC2c3ccccc3CC(CC)[NH+]2C=C1c1ccccc1. The number of allylic oxidation sites excluding steroid dienone is 2. The predicted octanol–water partition coefficient (Wildman–Crippen LogP) is 4.34. The number of fused-ring (bicyclic) bond motifs is 3. The minimum absolute atomic E-state index is 0.474. The highest BCUT2D eigenvalue weighted by molar-refractivity contribution is 5.79. The van der Waals surface area contributed by atoms with Gasteiger partial charge in [0.15, 0.2) is 0 Å². The summed E-state index contributed by atoms with van der Waals surface area (Å²) < 4.78 is 0. The van der Waals surface area contributed by atoms with E-state index in [1.165, 1.54) is 35.1 Å². The molecule has 0 aromatic heterocycles. The van der Waals surface area contributed by atoms with E-state index < -0.39 is 0 Å². The topological polar surface area (TPSA) is 4.44 Å². The number of hydrogen-bond acceptors (Lipinski definition) is 0. The van der Waals surface area contributed by atoms with Gasteiger partial charge in [0, 0.05) is 17.6 Å². The van der Waals surface area contributed by atoms with Crippen LogP contribution < -0.4 is 4.90 Å². The summed E-state index contributed by atoms with van der Waals surface area (Å²) in [6.45, 7) is 4.61. The van der Waals surface area contributed by atoms with Crippen LogP contribution in [0.3, 0.4) is 0 Å². The molecule has 122 valence electrons. The Morgan fingerprint density at radius 3 is 2.46 bits per heavy atom. The van der Waals surface area contributed by atoms with E-state index in [0.29, 0.717) is 12.1 Å². The average molecular weight is 316 g/mol. The Hall–Kier alpha value is -2.12. The lowest BCUT2D eigenvalue weighted by Crippen LogP contribution is -3.13. The molecule has 0 amide bonds. The van der Waals surface area contributed by atoms with Gasteiger partial charge in [0.1, 0.15) is 12.2 Å². The molecule has 2 aromatic carbocycles. The zero-order valence-corrected chi connectivity index (χ0v) is 14.6. The van der Waals surface area contributed by atoms with Crippen LogP contribution in [0, 0.1) is 0 Å². The molecule has 2 heterocycles. The molecule has 0 aliphatic carbocycles. The molecule has 4 rings (SSSR count). The van der Waals surface area contributed by atoms with E-state index in [9.17, 15) is 0 Å². The fourth-order valence-electron chi connectivity index (χ4n) is 4.36. The first kappa shape index (κ1) is 15.4. The summed E-state index contributed by atoms with van der Waals surface area (Å²) >= 11 is 0. The highest BCUT2D eigenvalue weighted by Crippen LogP contribution is 2.33. The minimum atomic E-state index is 0.474. The second kappa shape index (κ2) is 6.41. The molecule has 2 aliphatic heterocycles. The Labute approximate surface area is 145 Å². The summed E-state index contributed by atoms with van der Waals surface area (Å²) in [6, 6.07) is 21.1. The van der Waals surface area contributed by atoms with Crippen LogP contribution in [0.15, 0.2) is 72.4 Å². The zero-order chi connectivity index (χ0) is 16.5. The van der Waals surface area contributed by atoms with Gasteiger partial charge in [-0.05, 0) is 35.6 Å². The van der Waals surface area contributed by atoms with Gasteiger partial charge in [-0.1, -0.05) is 68.4 Å². The van der Waals surface area contributed by atoms with Gasteiger partial charge in [-0.25, -0.2) is 0 Å². The lowest BCUT2D eigenvalue weighted by Gasteiger charge is -2.39. The monoisotopic (exact) mass is 316 g/mol. The van der Waals surface area contributed by atoms with Gasteiger partial charge in [-0.2, -0.15) is 0 Å². The van der Waals surface area contributed by atoms with Gasteiger partial charge in [-0.15, -0.1) is 0 Å². The predicted molar refractivity (Wildman–Crippen MR) is 101 cm³/mol. The largest absolute Gasteiger partial charge is 0.296 e. The van der Waals surface area contributed by atoms with E-state index >= 15 is 0 Å². The molecule has 24 heavy (non-hydrogen) atoms. The maximum Gasteiger partial charge on any atom is 0.137 e. The lowest BCUT2D eigenvalue weighted by atomic mass is 9.82. The summed E-state index contributed by atoms with van der Waals surface area (Å²) in [4.78, 5) is 1.62. The van der Waals surface area contributed by atoms with E-state index in [1.54, 1.807) is 10.5 Å². The summed E-state index contributed by atoms with van der Waals surface area (Å²) in [5, 5.41) is 0. The Morgan fingerprint density at radius 2 is 1.71 bits per heavy atom. The lowest BCUT2D eigenvalue weighted by molar-refractivity contribution is -0.902. The molecule has 3 atom stereocenters. The molecular weight excluding hydrogens is 290 g/mol. The maximum absolute atomic E-state index is 2.54. The maximum atomic E-state index is 2.54. The molecule has 0 radical (unpaired) electrons. The van der Waals surface area contributed by atoms with Crippen LogP contribution in [0.25, 0.3) is 5.57 Å². The van der Waals surface area contributed by atoms with Crippen LogP contribution in [-0.4, -0.2) is 6.04 Å². The molecule has 1 heteroatoms. The Balaban J connectivity index is 1.83. The van der Waals surface area contributed by atoms with Crippen molar-refractivity contribution in [3.8, 4) is 0 Å². The van der Waals surface area contributed by atoms with Crippen LogP contribution in [0.1, 0.15) is 49.4 Å². The van der Waals surface area contributed by atoms with E-state index in [0.717, 1.165) is 6.42 Å². The second-order valence-electron chi connectivity index (χ2n) is 6.96. The van der Waals surface area contributed by atoms with Crippen LogP contribution in [-0.2, 0) is 6.42 Å². The highest BCUT2D eigenvalue weighted by Gasteiger charge is 2.38. The molecule has 3 unspecified atom stereocenters. The molecule has 0 spiro atoms. The zero-order valence-electron chi connectivity index (χ0n) is 14.6. The number of quaternary nitrogens is 1. The van der Waals surface area contributed by atoms with Crippen LogP contribution >= 0.6 is 0 Å². The molecular formula is C23H26N+. The van der Waals surface area contributed by atoms with Crippen molar-refractivity contribution in [3.63, 3.8) is 0 Å². The fraction of sp³-hybridized carbons (Fsp3) is 0.304. The molecule has 1 nitrogen and oxygen atoms in total. The van der Waals surface area contributed by atoms with Gasteiger partial charge in [0.25, 0.3) is 0 Å². The number of nitrogens with one attached hydrogen (secondary N) is 1. The minimum Gasteiger partial charge on any atom is -0.296 e. The van der Waals surface area contributed by atoms with Gasteiger partial charge in [-0.3, -0.25) is 4.90 Å². The molecule has 0 bridgehead atoms. The summed E-state index contributed by atoms with van der Waals surface area (Å²) in [5.74, 6) is 0. The van der Waals surface area contributed by atoms with Crippen molar-refractivity contribution in [2.75, 3.05) is 0 Å². The van der Waals surface area contributed by atoms with Gasteiger partial charge in [0.2, 0.25) is 0 Å². The third-order valence-corrected chi connectivity index (χ3v) is 5.67. The second-order valence-corrected chi connectivity index (χ2v) is 6.96. The molecule has 1 N–H and O–H groups in total. The Kier molecular flexibility index (Phi) is 4.12. The molecule has 2 aromatic rings. The number of rotatable bonds is 3. The Morgan fingerprint density at radius 1 is 0.958 bits per heavy atom. The van der Waals surface area contributed by atoms with Gasteiger partial charge >= 0.3 is 0 Å². The van der Waals surface area contributed by atoms with E-state index in [2.05, 4.69) is 80.7 Å². The third-order valence-electron chi connectivity index (χ3n) is 5.67. The summed E-state index contributed by atoms with van der Waals surface area (Å²) in [6.07, 6.45) is 8.55. The number of hydrogen-bond donors (Lipinski definition) is 1. The van der Waals surface area contributed by atoms with Crippen molar-refractivity contribution in [2.45, 2.75) is 45.2 Å². The first-order chi connectivity index (χ1) is 11.8. The molecule has 0 saturated heterocycles. The first-order valence-corrected chi connectivity index (χ1v) is 9.24. The van der Waals surface area contributed by atoms with Gasteiger partial charge < -0.3 is 0 Å². The van der Waals surface area contributed by atoms with Crippen molar-refractivity contribution in [1.82, 2.24) is 0 Å². The van der Waals surface area contributed by atoms with E-state index in [4.69, 9.17) is 0 Å². The number of benzene rings is 2. The normalized spacial score (nSPS) is 25.3. The quantitative estimate of drug-likeness (QED) is 0.859. The smallest absolute Gasteiger partial charge is 0.137 e. The van der Waals surface area contributed by atoms with Crippen molar-refractivity contribution < 1.29 is 4.90 Å².